The molecule has 7 heteroatoms. The summed E-state index contributed by atoms with van der Waals surface area (Å²) in [5, 5.41) is 24.9. The molecule has 0 spiro atoms. The maximum Gasteiger partial charge on any atom is 0.157 e. The highest BCUT2D eigenvalue weighted by Gasteiger charge is 2.36. The van der Waals surface area contributed by atoms with E-state index >= 15 is 0 Å². The number of carboxylic acid groups (broad SMARTS) is 1. The number of phenolic OH excluding ortho intramolecular Hbond substituents is 1. The molecule has 0 unspecified atom stereocenters. The third-order valence-electron chi connectivity index (χ3n) is 4.70. The van der Waals surface area contributed by atoms with Crippen LogP contribution in [0, 0.1) is 0 Å². The predicted octanol–water partition coefficient (Wildman–Crippen LogP) is 1.73. The number of aromatic amines is 1. The number of hydrogen-bond donors (Lipinski definition) is 3. The number of rotatable bonds is 2. The molecule has 25 heavy (non-hydrogen) atoms. The number of hydrogen-bond acceptors (Lipinski definition) is 3. The van der Waals surface area contributed by atoms with E-state index in [4.69, 9.17) is 0 Å². The summed E-state index contributed by atoms with van der Waals surface area (Å²) in [6.45, 7) is 0. The number of nitrogens with one attached hydrogen (secondary N) is 1. The molecule has 0 fully saturated rings. The molecule has 2 heterocycles. The lowest BCUT2D eigenvalue weighted by molar-refractivity contribution is -0.717. The molecule has 5 nitrogen and oxygen atoms in total. The fraction of sp³-hybridized carbons (Fsp3) is 0.167. The Morgan fingerprint density at radius 1 is 1.28 bits per heavy atom. The highest BCUT2D eigenvalue weighted by Crippen LogP contribution is 2.39. The van der Waals surface area contributed by atoms with E-state index < -0.39 is 12.0 Å². The van der Waals surface area contributed by atoms with Crippen molar-refractivity contribution in [1.82, 2.24) is 4.98 Å². The number of phenols is 1. The molecule has 2 aromatic carbocycles. The van der Waals surface area contributed by atoms with Crippen LogP contribution in [0.4, 0.5) is 0 Å². The summed E-state index contributed by atoms with van der Waals surface area (Å²) >= 11 is 6.79. The van der Waals surface area contributed by atoms with Gasteiger partial charge in [-0.3, -0.25) is 0 Å². The summed E-state index contributed by atoms with van der Waals surface area (Å²) in [5.74, 6) is -0.998. The molecule has 0 aliphatic carbocycles. The van der Waals surface area contributed by atoms with E-state index in [2.05, 4.69) is 36.8 Å². The number of carbonyl (C=O) groups is 1. The average Bonchev–Trinajstić information content (AvgIpc) is 2.96. The normalized spacial score (nSPS) is 19.8. The van der Waals surface area contributed by atoms with Crippen LogP contribution in [0.3, 0.4) is 0 Å². The second-order valence-electron chi connectivity index (χ2n) is 6.19. The number of nitrogens with two attached hydrogens (primary N) is 1. The Labute approximate surface area is 160 Å². The zero-order valence-electron chi connectivity index (χ0n) is 12.9. The van der Waals surface area contributed by atoms with Crippen LogP contribution in [0.2, 0.25) is 0 Å². The van der Waals surface area contributed by atoms with Crippen molar-refractivity contribution >= 4 is 48.7 Å². The van der Waals surface area contributed by atoms with Gasteiger partial charge in [0.15, 0.2) is 6.04 Å². The number of quaternary nitrogens is 1. The van der Waals surface area contributed by atoms with Gasteiger partial charge in [-0.15, -0.1) is 0 Å². The van der Waals surface area contributed by atoms with Crippen molar-refractivity contribution < 1.29 is 20.3 Å². The molecule has 128 valence electrons. The lowest BCUT2D eigenvalue weighted by atomic mass is 9.90. The first-order valence-corrected chi connectivity index (χ1v) is 9.37. The van der Waals surface area contributed by atoms with Crippen LogP contribution in [0.15, 0.2) is 45.3 Å². The Morgan fingerprint density at radius 3 is 2.80 bits per heavy atom. The number of para-hydroxylation sites is 1. The topological polar surface area (TPSA) is 92.8 Å². The van der Waals surface area contributed by atoms with Gasteiger partial charge in [-0.25, -0.2) is 0 Å². The average molecular weight is 466 g/mol. The minimum absolute atomic E-state index is 0.105. The lowest BCUT2D eigenvalue weighted by Crippen LogP contribution is -2.95. The number of aliphatic carboxylic acids is 1. The standard InChI is InChI=1S/C18H14Br2N2O3/c19-8-5-11(17(23)12(20)6-8)16-15-10(7-14(22-16)18(24)25)9-3-1-2-4-13(9)21-15/h1-6,14,16,21-23H,7H2,(H,24,25)/t14-,16+/m0/s1. The number of carbonyl (C=O) groups excluding carboxylic acids is 1. The van der Waals surface area contributed by atoms with Gasteiger partial charge in [0.2, 0.25) is 0 Å². The highest BCUT2D eigenvalue weighted by molar-refractivity contribution is 9.11. The van der Waals surface area contributed by atoms with Crippen molar-refractivity contribution in [3.8, 4) is 5.75 Å². The summed E-state index contributed by atoms with van der Waals surface area (Å²) < 4.78 is 1.35. The summed E-state index contributed by atoms with van der Waals surface area (Å²) in [6.07, 6.45) is 0.383. The van der Waals surface area contributed by atoms with Crippen molar-refractivity contribution in [3.05, 3.63) is 62.2 Å². The second-order valence-corrected chi connectivity index (χ2v) is 7.96. The first kappa shape index (κ1) is 16.6. The predicted molar refractivity (Wildman–Crippen MR) is 98.1 cm³/mol. The Balaban J connectivity index is 1.96. The van der Waals surface area contributed by atoms with E-state index in [1.165, 1.54) is 0 Å². The third-order valence-corrected chi connectivity index (χ3v) is 5.76. The van der Waals surface area contributed by atoms with Gasteiger partial charge >= 0.3 is 0 Å². The summed E-state index contributed by atoms with van der Waals surface area (Å²) in [6, 6.07) is 10.3. The molecule has 1 aliphatic heterocycles. The van der Waals surface area contributed by atoms with Crippen LogP contribution in [-0.4, -0.2) is 22.1 Å². The number of benzene rings is 2. The molecule has 3 aromatic rings. The van der Waals surface area contributed by atoms with Gasteiger partial charge in [-0.05, 0) is 39.7 Å². The molecule has 2 atom stereocenters. The second kappa shape index (κ2) is 6.16. The summed E-state index contributed by atoms with van der Waals surface area (Å²) in [7, 11) is 0. The summed E-state index contributed by atoms with van der Waals surface area (Å²) in [4.78, 5) is 15.0. The van der Waals surface area contributed by atoms with Crippen LogP contribution in [-0.2, 0) is 11.2 Å². The van der Waals surface area contributed by atoms with Crippen LogP contribution in [0.5, 0.6) is 5.75 Å². The van der Waals surface area contributed by atoms with Gasteiger partial charge in [0.05, 0.1) is 21.7 Å². The quantitative estimate of drug-likeness (QED) is 0.538. The van der Waals surface area contributed by atoms with Gasteiger partial charge in [-0.1, -0.05) is 34.1 Å². The minimum atomic E-state index is -1.10. The van der Waals surface area contributed by atoms with E-state index in [0.717, 1.165) is 26.6 Å². The minimum Gasteiger partial charge on any atom is -0.544 e. The van der Waals surface area contributed by atoms with Crippen molar-refractivity contribution in [1.29, 1.82) is 0 Å². The number of fused-ring (bicyclic) bond motifs is 3. The van der Waals surface area contributed by atoms with Gasteiger partial charge in [0.1, 0.15) is 11.8 Å². The molecule has 0 amide bonds. The summed E-state index contributed by atoms with van der Waals surface area (Å²) in [5.41, 5.74) is 3.48. The molecule has 0 radical (unpaired) electrons. The number of aromatic nitrogens is 1. The Hall–Kier alpha value is -1.83. The monoisotopic (exact) mass is 464 g/mol. The molecule has 4 rings (SSSR count). The highest BCUT2D eigenvalue weighted by atomic mass is 79.9. The first-order chi connectivity index (χ1) is 12.0. The van der Waals surface area contributed by atoms with E-state index in [-0.39, 0.29) is 11.8 Å². The number of carboxylic acids is 1. The van der Waals surface area contributed by atoms with Crippen molar-refractivity contribution in [2.75, 3.05) is 0 Å². The third kappa shape index (κ3) is 2.76. The molecule has 4 N–H and O–H groups in total. The first-order valence-electron chi connectivity index (χ1n) is 7.79. The van der Waals surface area contributed by atoms with Crippen LogP contribution in [0.25, 0.3) is 10.9 Å². The van der Waals surface area contributed by atoms with Crippen molar-refractivity contribution in [2.45, 2.75) is 18.5 Å². The van der Waals surface area contributed by atoms with Crippen LogP contribution < -0.4 is 10.4 Å². The fourth-order valence-corrected chi connectivity index (χ4v) is 4.83. The zero-order chi connectivity index (χ0) is 17.7. The number of halogens is 2. The van der Waals surface area contributed by atoms with E-state index in [1.807, 2.05) is 30.3 Å². The van der Waals surface area contributed by atoms with E-state index in [9.17, 15) is 15.0 Å². The smallest absolute Gasteiger partial charge is 0.157 e. The zero-order valence-corrected chi connectivity index (χ0v) is 16.1. The molecular weight excluding hydrogens is 452 g/mol. The Morgan fingerprint density at radius 2 is 2.04 bits per heavy atom. The van der Waals surface area contributed by atoms with Crippen molar-refractivity contribution in [3.63, 3.8) is 0 Å². The van der Waals surface area contributed by atoms with E-state index in [0.29, 0.717) is 16.5 Å². The molecule has 0 saturated carbocycles. The Kier molecular flexibility index (Phi) is 4.10. The van der Waals surface area contributed by atoms with Gasteiger partial charge < -0.3 is 25.3 Å². The molecule has 0 bridgehead atoms. The fourth-order valence-electron chi connectivity index (χ4n) is 3.57. The number of H-pyrrole nitrogens is 1. The Bertz CT molecular complexity index is 999. The van der Waals surface area contributed by atoms with Crippen LogP contribution in [0.1, 0.15) is 22.9 Å². The largest absolute Gasteiger partial charge is 0.544 e. The van der Waals surface area contributed by atoms with Gasteiger partial charge in [0.25, 0.3) is 0 Å². The van der Waals surface area contributed by atoms with Gasteiger partial charge in [-0.2, -0.15) is 0 Å². The van der Waals surface area contributed by atoms with Gasteiger partial charge in [0, 0.05) is 21.8 Å². The van der Waals surface area contributed by atoms with Crippen molar-refractivity contribution in [2.24, 2.45) is 0 Å². The molecule has 0 saturated heterocycles. The SMILES string of the molecule is O=C([O-])[C@@H]1Cc2c([nH]c3ccccc23)[C@@H](c2cc(Br)cc(Br)c2O)[NH2+]1. The van der Waals surface area contributed by atoms with Crippen LogP contribution >= 0.6 is 31.9 Å². The molecule has 1 aromatic heterocycles. The molecular formula is C18H14Br2N2O3. The lowest BCUT2D eigenvalue weighted by Gasteiger charge is -2.29. The number of aromatic hydroxyl groups is 1. The maximum absolute atomic E-state index is 11.6. The molecule has 1 aliphatic rings. The van der Waals surface area contributed by atoms with E-state index in [1.54, 1.807) is 11.4 Å². The maximum atomic E-state index is 11.6.